The normalized spacial score (nSPS) is 14.8. The van der Waals surface area contributed by atoms with E-state index in [1.54, 1.807) is 12.0 Å². The van der Waals surface area contributed by atoms with Crippen molar-refractivity contribution in [2.24, 2.45) is 0 Å². The Morgan fingerprint density at radius 2 is 2.08 bits per heavy atom. The summed E-state index contributed by atoms with van der Waals surface area (Å²) in [6.45, 7) is 5.19. The second-order valence-corrected chi connectivity index (χ2v) is 5.73. The van der Waals surface area contributed by atoms with Crippen LogP contribution in [0.15, 0.2) is 24.3 Å². The van der Waals surface area contributed by atoms with Crippen molar-refractivity contribution in [3.8, 4) is 11.8 Å². The zero-order valence-electron chi connectivity index (χ0n) is 14.2. The lowest BCUT2D eigenvalue weighted by Crippen LogP contribution is -2.43. The maximum atomic E-state index is 12.7. The number of amides is 1. The molecule has 0 atom stereocenters. The molecule has 1 aliphatic heterocycles. The van der Waals surface area contributed by atoms with E-state index in [-0.39, 0.29) is 5.91 Å². The molecule has 1 amide bonds. The molecule has 0 radical (unpaired) electrons. The number of carbonyl (C=O) groups excluding carboxylic acids is 1. The van der Waals surface area contributed by atoms with Crippen LogP contribution in [0.2, 0.25) is 0 Å². The highest BCUT2D eigenvalue weighted by Crippen LogP contribution is 2.18. The molecule has 1 saturated heterocycles. The van der Waals surface area contributed by atoms with Gasteiger partial charge < -0.3 is 14.4 Å². The maximum Gasteiger partial charge on any atom is 0.227 e. The van der Waals surface area contributed by atoms with Gasteiger partial charge in [0, 0.05) is 38.3 Å². The van der Waals surface area contributed by atoms with Gasteiger partial charge in [-0.3, -0.25) is 9.69 Å². The van der Waals surface area contributed by atoms with Gasteiger partial charge in [-0.2, -0.15) is 5.26 Å². The first-order valence-electron chi connectivity index (χ1n) is 8.31. The fourth-order valence-corrected chi connectivity index (χ4v) is 2.76. The van der Waals surface area contributed by atoms with Gasteiger partial charge >= 0.3 is 0 Å². The van der Waals surface area contributed by atoms with E-state index < -0.39 is 0 Å². The number of hydrogen-bond donors (Lipinski definition) is 0. The molecule has 1 heterocycles. The number of ether oxygens (including phenoxy) is 2. The van der Waals surface area contributed by atoms with Crippen LogP contribution in [0.5, 0.6) is 5.75 Å². The van der Waals surface area contributed by atoms with Crippen molar-refractivity contribution in [2.45, 2.75) is 12.8 Å². The number of methoxy groups -OCH3 is 1. The molecule has 2 rings (SSSR count). The molecule has 0 spiro atoms. The van der Waals surface area contributed by atoms with Crippen molar-refractivity contribution < 1.29 is 14.3 Å². The van der Waals surface area contributed by atoms with E-state index in [0.29, 0.717) is 25.9 Å². The third-order valence-electron chi connectivity index (χ3n) is 4.17. The molecule has 1 fully saturated rings. The average molecular weight is 331 g/mol. The lowest BCUT2D eigenvalue weighted by molar-refractivity contribution is -0.130. The average Bonchev–Trinajstić information content (AvgIpc) is 2.63. The molecule has 0 saturated carbocycles. The molecule has 0 aromatic heterocycles. The molecule has 1 aliphatic rings. The third kappa shape index (κ3) is 5.52. The Kier molecular flexibility index (Phi) is 7.53. The lowest BCUT2D eigenvalue weighted by Gasteiger charge is -2.30. The Labute approximate surface area is 143 Å². The number of carbonyl (C=O) groups is 1. The van der Waals surface area contributed by atoms with Crippen molar-refractivity contribution in [2.75, 3.05) is 53.0 Å². The SMILES string of the molecule is COc1ccccc1CC(=O)N(CCC#N)CCN1CCOCC1. The van der Waals surface area contributed by atoms with Crippen LogP contribution in [0.1, 0.15) is 12.0 Å². The van der Waals surface area contributed by atoms with Crippen LogP contribution >= 0.6 is 0 Å². The molecule has 6 heteroatoms. The molecule has 0 aliphatic carbocycles. The summed E-state index contributed by atoms with van der Waals surface area (Å²) < 4.78 is 10.7. The summed E-state index contributed by atoms with van der Waals surface area (Å²) >= 11 is 0. The molecule has 0 bridgehead atoms. The number of nitriles is 1. The highest BCUT2D eigenvalue weighted by Gasteiger charge is 2.18. The summed E-state index contributed by atoms with van der Waals surface area (Å²) in [5.74, 6) is 0.752. The van der Waals surface area contributed by atoms with Crippen LogP contribution in [0.4, 0.5) is 0 Å². The summed E-state index contributed by atoms with van der Waals surface area (Å²) in [6, 6.07) is 9.68. The van der Waals surface area contributed by atoms with E-state index in [9.17, 15) is 4.79 Å². The van der Waals surface area contributed by atoms with Gasteiger partial charge in [0.2, 0.25) is 5.91 Å². The van der Waals surface area contributed by atoms with Crippen LogP contribution in [0.3, 0.4) is 0 Å². The van der Waals surface area contributed by atoms with Crippen LogP contribution in [0, 0.1) is 11.3 Å². The molecular weight excluding hydrogens is 306 g/mol. The van der Waals surface area contributed by atoms with Crippen LogP contribution in [-0.4, -0.2) is 68.8 Å². The summed E-state index contributed by atoms with van der Waals surface area (Å²) in [5, 5.41) is 8.85. The van der Waals surface area contributed by atoms with Crippen LogP contribution in [0.25, 0.3) is 0 Å². The standard InChI is InChI=1S/C18H25N3O3/c1-23-17-6-3-2-5-16(17)15-18(22)21(8-4-7-19)10-9-20-11-13-24-14-12-20/h2-3,5-6H,4,8-15H2,1H3. The van der Waals surface area contributed by atoms with Crippen molar-refractivity contribution in [1.82, 2.24) is 9.80 Å². The molecular formula is C18H25N3O3. The number of nitrogens with zero attached hydrogens (tertiary/aromatic N) is 3. The second kappa shape index (κ2) is 9.91. The topological polar surface area (TPSA) is 65.8 Å². The van der Waals surface area contributed by atoms with E-state index in [1.807, 2.05) is 24.3 Å². The molecule has 0 unspecified atom stereocenters. The van der Waals surface area contributed by atoms with E-state index in [0.717, 1.165) is 44.2 Å². The zero-order valence-corrected chi connectivity index (χ0v) is 14.2. The first kappa shape index (κ1) is 18.2. The van der Waals surface area contributed by atoms with Crippen molar-refractivity contribution in [3.63, 3.8) is 0 Å². The lowest BCUT2D eigenvalue weighted by atomic mass is 10.1. The summed E-state index contributed by atoms with van der Waals surface area (Å²) in [7, 11) is 1.61. The number of benzene rings is 1. The van der Waals surface area contributed by atoms with Crippen LogP contribution in [-0.2, 0) is 16.0 Å². The minimum absolute atomic E-state index is 0.0306. The minimum atomic E-state index is 0.0306. The maximum absolute atomic E-state index is 12.7. The van der Waals surface area contributed by atoms with Gasteiger partial charge in [0.15, 0.2) is 0 Å². The quantitative estimate of drug-likeness (QED) is 0.719. The molecule has 0 N–H and O–H groups in total. The Bertz CT molecular complexity index is 565. The summed E-state index contributed by atoms with van der Waals surface area (Å²) in [4.78, 5) is 16.8. The van der Waals surface area contributed by atoms with Gasteiger partial charge in [-0.15, -0.1) is 0 Å². The van der Waals surface area contributed by atoms with Crippen molar-refractivity contribution >= 4 is 5.91 Å². The monoisotopic (exact) mass is 331 g/mol. The van der Waals surface area contributed by atoms with Gasteiger partial charge in [-0.1, -0.05) is 18.2 Å². The number of morpholine rings is 1. The third-order valence-corrected chi connectivity index (χ3v) is 4.17. The van der Waals surface area contributed by atoms with Gasteiger partial charge in [0.1, 0.15) is 5.75 Å². The van der Waals surface area contributed by atoms with Crippen molar-refractivity contribution in [3.05, 3.63) is 29.8 Å². The smallest absolute Gasteiger partial charge is 0.227 e. The number of rotatable bonds is 8. The Hall–Kier alpha value is -2.10. The van der Waals surface area contributed by atoms with Crippen molar-refractivity contribution in [1.29, 1.82) is 5.26 Å². The zero-order chi connectivity index (χ0) is 17.2. The van der Waals surface area contributed by atoms with Gasteiger partial charge in [-0.05, 0) is 6.07 Å². The molecule has 6 nitrogen and oxygen atoms in total. The minimum Gasteiger partial charge on any atom is -0.496 e. The van der Waals surface area contributed by atoms with E-state index >= 15 is 0 Å². The van der Waals surface area contributed by atoms with Gasteiger partial charge in [0.05, 0.1) is 39.2 Å². The molecule has 1 aromatic rings. The Balaban J connectivity index is 1.94. The molecule has 24 heavy (non-hydrogen) atoms. The predicted molar refractivity (Wildman–Crippen MR) is 90.8 cm³/mol. The highest BCUT2D eigenvalue weighted by atomic mass is 16.5. The fourth-order valence-electron chi connectivity index (χ4n) is 2.76. The van der Waals surface area contributed by atoms with E-state index in [1.165, 1.54) is 0 Å². The summed E-state index contributed by atoms with van der Waals surface area (Å²) in [5.41, 5.74) is 0.873. The largest absolute Gasteiger partial charge is 0.496 e. The Morgan fingerprint density at radius 1 is 1.33 bits per heavy atom. The van der Waals surface area contributed by atoms with Crippen LogP contribution < -0.4 is 4.74 Å². The molecule has 1 aromatic carbocycles. The summed E-state index contributed by atoms with van der Waals surface area (Å²) in [6.07, 6.45) is 0.638. The number of para-hydroxylation sites is 1. The first-order valence-corrected chi connectivity index (χ1v) is 8.31. The predicted octanol–water partition coefficient (Wildman–Crippen LogP) is 1.31. The van der Waals surface area contributed by atoms with Gasteiger partial charge in [0.25, 0.3) is 0 Å². The molecule has 130 valence electrons. The fraction of sp³-hybridized carbons (Fsp3) is 0.556. The first-order chi connectivity index (χ1) is 11.7. The van der Waals surface area contributed by atoms with E-state index in [4.69, 9.17) is 14.7 Å². The second-order valence-electron chi connectivity index (χ2n) is 5.73. The van der Waals surface area contributed by atoms with E-state index in [2.05, 4.69) is 11.0 Å². The Morgan fingerprint density at radius 3 is 2.79 bits per heavy atom. The van der Waals surface area contributed by atoms with Gasteiger partial charge in [-0.25, -0.2) is 0 Å². The number of hydrogen-bond acceptors (Lipinski definition) is 5. The highest BCUT2D eigenvalue weighted by molar-refractivity contribution is 5.79.